The van der Waals surface area contributed by atoms with Gasteiger partial charge in [0.15, 0.2) is 0 Å². The van der Waals surface area contributed by atoms with Crippen LogP contribution in [0.2, 0.25) is 0 Å². The second-order valence-corrected chi connectivity index (χ2v) is 3.31. The van der Waals surface area contributed by atoms with E-state index < -0.39 is 0 Å². The van der Waals surface area contributed by atoms with E-state index in [-0.39, 0.29) is 0 Å². The fourth-order valence-corrected chi connectivity index (χ4v) is 1.65. The zero-order valence-corrected chi connectivity index (χ0v) is 7.57. The molecule has 1 unspecified atom stereocenters. The number of benzene rings is 1. The minimum Gasteiger partial charge on any atom is -0.228 e. The van der Waals surface area contributed by atoms with Gasteiger partial charge in [-0.2, -0.15) is 0 Å². The molecule has 3 heteroatoms. The molecule has 0 saturated heterocycles. The molecule has 0 aliphatic heterocycles. The SMILES string of the molecule is c1ccc(Cc2cn[pH]n2)cc1. The average Bonchev–Trinajstić information content (AvgIpc) is 2.59. The van der Waals surface area contributed by atoms with Crippen LogP contribution in [0, 0.1) is 0 Å². The van der Waals surface area contributed by atoms with Gasteiger partial charge in [-0.05, 0) is 5.56 Å². The van der Waals surface area contributed by atoms with Crippen molar-refractivity contribution in [2.45, 2.75) is 6.42 Å². The summed E-state index contributed by atoms with van der Waals surface area (Å²) in [4.78, 5) is 0. The summed E-state index contributed by atoms with van der Waals surface area (Å²) < 4.78 is 8.31. The van der Waals surface area contributed by atoms with Crippen molar-refractivity contribution in [1.29, 1.82) is 0 Å². The molecule has 1 heterocycles. The Morgan fingerprint density at radius 3 is 2.67 bits per heavy atom. The molecule has 0 fully saturated rings. The molecule has 0 aliphatic carbocycles. The highest BCUT2D eigenvalue weighted by Crippen LogP contribution is 2.07. The van der Waals surface area contributed by atoms with Crippen LogP contribution in [0.25, 0.3) is 0 Å². The predicted octanol–water partition coefficient (Wildman–Crippen LogP) is 2.10. The van der Waals surface area contributed by atoms with Gasteiger partial charge in [0.2, 0.25) is 0 Å². The molecule has 12 heavy (non-hydrogen) atoms. The van der Waals surface area contributed by atoms with E-state index in [0.29, 0.717) is 8.51 Å². The van der Waals surface area contributed by atoms with Crippen molar-refractivity contribution in [2.75, 3.05) is 0 Å². The van der Waals surface area contributed by atoms with Crippen LogP contribution in [0.15, 0.2) is 36.5 Å². The molecule has 2 nitrogen and oxygen atoms in total. The zero-order chi connectivity index (χ0) is 8.23. The second kappa shape index (κ2) is 3.51. The first-order valence-corrected chi connectivity index (χ1v) is 4.73. The van der Waals surface area contributed by atoms with E-state index in [1.54, 1.807) is 0 Å². The molecule has 0 radical (unpaired) electrons. The summed E-state index contributed by atoms with van der Waals surface area (Å²) >= 11 is 0. The Kier molecular flexibility index (Phi) is 2.19. The third kappa shape index (κ3) is 1.72. The Labute approximate surface area is 72.9 Å². The first kappa shape index (κ1) is 7.51. The van der Waals surface area contributed by atoms with Gasteiger partial charge in [0.05, 0.1) is 20.4 Å². The van der Waals surface area contributed by atoms with Crippen molar-refractivity contribution in [3.8, 4) is 0 Å². The monoisotopic (exact) mass is 176 g/mol. The van der Waals surface area contributed by atoms with Crippen molar-refractivity contribution < 1.29 is 0 Å². The van der Waals surface area contributed by atoms with Gasteiger partial charge in [0.25, 0.3) is 0 Å². The molecule has 60 valence electrons. The summed E-state index contributed by atoms with van der Waals surface area (Å²) in [6, 6.07) is 10.3. The third-order valence-electron chi connectivity index (χ3n) is 1.69. The number of nitrogens with zero attached hydrogens (tertiary/aromatic N) is 2. The van der Waals surface area contributed by atoms with Gasteiger partial charge in [-0.3, -0.25) is 0 Å². The predicted molar refractivity (Wildman–Crippen MR) is 50.8 cm³/mol. The molecule has 2 aromatic rings. The first-order valence-electron chi connectivity index (χ1n) is 3.84. The molecule has 1 aromatic carbocycles. The largest absolute Gasteiger partial charge is 0.228 e. The van der Waals surface area contributed by atoms with E-state index in [4.69, 9.17) is 0 Å². The summed E-state index contributed by atoms with van der Waals surface area (Å²) in [5.41, 5.74) is 2.40. The number of hydrogen-bond donors (Lipinski definition) is 0. The summed E-state index contributed by atoms with van der Waals surface area (Å²) in [6.07, 6.45) is 2.78. The van der Waals surface area contributed by atoms with Crippen LogP contribution < -0.4 is 0 Å². The molecular weight excluding hydrogens is 167 g/mol. The number of hydrogen-bond acceptors (Lipinski definition) is 2. The first-order chi connectivity index (χ1) is 5.95. The molecule has 0 saturated carbocycles. The molecule has 0 aliphatic rings. The summed E-state index contributed by atoms with van der Waals surface area (Å²) in [5.74, 6) is 0. The molecule has 0 bridgehead atoms. The van der Waals surface area contributed by atoms with E-state index in [1.165, 1.54) is 5.56 Å². The standard InChI is InChI=1S/C9H9N2P/c1-2-4-8(5-3-1)6-9-7-10-12-11-9/h1-5,7,12H,6H2. The Balaban J connectivity index is 2.15. The van der Waals surface area contributed by atoms with Gasteiger partial charge in [0, 0.05) is 6.42 Å². The van der Waals surface area contributed by atoms with E-state index >= 15 is 0 Å². The molecule has 1 aromatic heterocycles. The third-order valence-corrected chi connectivity index (χ3v) is 2.32. The highest BCUT2D eigenvalue weighted by Gasteiger charge is 1.95. The Bertz CT molecular complexity index is 329. The summed E-state index contributed by atoms with van der Waals surface area (Å²) in [5, 5.41) is 0. The Morgan fingerprint density at radius 2 is 2.00 bits per heavy atom. The lowest BCUT2D eigenvalue weighted by Crippen LogP contribution is -1.85. The van der Waals surface area contributed by atoms with E-state index in [1.807, 2.05) is 24.4 Å². The van der Waals surface area contributed by atoms with Crippen LogP contribution in [-0.2, 0) is 6.42 Å². The lowest BCUT2D eigenvalue weighted by atomic mass is 10.1. The van der Waals surface area contributed by atoms with Crippen molar-refractivity contribution >= 4 is 8.51 Å². The quantitative estimate of drug-likeness (QED) is 0.700. The fourth-order valence-electron chi connectivity index (χ4n) is 1.12. The Morgan fingerprint density at radius 1 is 1.17 bits per heavy atom. The fraction of sp³-hybridized carbons (Fsp3) is 0.111. The maximum atomic E-state index is 4.25. The smallest absolute Gasteiger partial charge is 0.0689 e. The van der Waals surface area contributed by atoms with Crippen LogP contribution in [0.1, 0.15) is 11.3 Å². The average molecular weight is 176 g/mol. The molecule has 1 atom stereocenters. The van der Waals surface area contributed by atoms with Gasteiger partial charge in [0.1, 0.15) is 0 Å². The second-order valence-electron chi connectivity index (χ2n) is 2.62. The highest BCUT2D eigenvalue weighted by molar-refractivity contribution is 7.20. The van der Waals surface area contributed by atoms with Gasteiger partial charge < -0.3 is 0 Å². The maximum Gasteiger partial charge on any atom is 0.0689 e. The van der Waals surface area contributed by atoms with E-state index in [0.717, 1.165) is 12.1 Å². The highest BCUT2D eigenvalue weighted by atomic mass is 31.1. The molecule has 0 amide bonds. The minimum atomic E-state index is 0.398. The van der Waals surface area contributed by atoms with Crippen LogP contribution in [0.4, 0.5) is 0 Å². The summed E-state index contributed by atoms with van der Waals surface area (Å²) in [6.45, 7) is 0. The molecule has 0 spiro atoms. The lowest BCUT2D eigenvalue weighted by Gasteiger charge is -1.95. The minimum absolute atomic E-state index is 0.398. The zero-order valence-electron chi connectivity index (χ0n) is 6.57. The van der Waals surface area contributed by atoms with E-state index in [2.05, 4.69) is 21.6 Å². The molecular formula is C9H9N2P. The molecule has 0 N–H and O–H groups in total. The number of rotatable bonds is 2. The maximum absolute atomic E-state index is 4.25. The van der Waals surface area contributed by atoms with Crippen molar-refractivity contribution in [3.05, 3.63) is 47.8 Å². The lowest BCUT2D eigenvalue weighted by molar-refractivity contribution is 1.13. The summed E-state index contributed by atoms with van der Waals surface area (Å²) in [7, 11) is 0.398. The number of aromatic nitrogens is 2. The van der Waals surface area contributed by atoms with E-state index in [9.17, 15) is 0 Å². The normalized spacial score (nSPS) is 10.7. The van der Waals surface area contributed by atoms with Crippen LogP contribution in [0.5, 0.6) is 0 Å². The van der Waals surface area contributed by atoms with Crippen molar-refractivity contribution in [1.82, 2.24) is 9.49 Å². The van der Waals surface area contributed by atoms with Crippen LogP contribution in [0.3, 0.4) is 0 Å². The Hall–Kier alpha value is -1.14. The van der Waals surface area contributed by atoms with Crippen molar-refractivity contribution in [3.63, 3.8) is 0 Å². The van der Waals surface area contributed by atoms with Crippen molar-refractivity contribution in [2.24, 2.45) is 0 Å². The van der Waals surface area contributed by atoms with Gasteiger partial charge in [-0.25, -0.2) is 9.49 Å². The van der Waals surface area contributed by atoms with Crippen LogP contribution >= 0.6 is 8.51 Å². The van der Waals surface area contributed by atoms with Gasteiger partial charge >= 0.3 is 0 Å². The van der Waals surface area contributed by atoms with Crippen LogP contribution in [-0.4, -0.2) is 9.49 Å². The van der Waals surface area contributed by atoms with Gasteiger partial charge in [-0.15, -0.1) is 0 Å². The van der Waals surface area contributed by atoms with Gasteiger partial charge in [-0.1, -0.05) is 30.3 Å². The topological polar surface area (TPSA) is 25.8 Å². The molecule has 2 rings (SSSR count).